The quantitative estimate of drug-likeness (QED) is 0.494. The molecule has 1 aliphatic heterocycles. The Bertz CT molecular complexity index is 722. The van der Waals surface area contributed by atoms with Crippen LogP contribution in [0.25, 0.3) is 0 Å². The lowest BCUT2D eigenvalue weighted by molar-refractivity contribution is 0.0792. The van der Waals surface area contributed by atoms with Crippen LogP contribution in [-0.4, -0.2) is 48.8 Å². The molecule has 1 fully saturated rings. The standard InChI is InChI=1S/C22H32N4OS/c1-17(20-9-12-28-16-20)13-24-22(23-2)25-14-18-3-5-19(6-4-18)15-26-10-7-21(27)8-11-26/h3-6,9,12,16-17,21,27H,7-8,10-11,13-15H2,1-2H3,(H2,23,24,25). The number of rotatable bonds is 7. The van der Waals surface area contributed by atoms with E-state index >= 15 is 0 Å². The lowest BCUT2D eigenvalue weighted by Gasteiger charge is -2.29. The summed E-state index contributed by atoms with van der Waals surface area (Å²) in [6.45, 7) is 6.77. The molecule has 1 aliphatic rings. The number of hydrogen-bond acceptors (Lipinski definition) is 4. The van der Waals surface area contributed by atoms with Gasteiger partial charge in [-0.2, -0.15) is 11.3 Å². The fourth-order valence-corrected chi connectivity index (χ4v) is 4.21. The number of nitrogens with zero attached hydrogens (tertiary/aromatic N) is 2. The summed E-state index contributed by atoms with van der Waals surface area (Å²) < 4.78 is 0. The molecule has 1 aromatic heterocycles. The van der Waals surface area contributed by atoms with Crippen molar-refractivity contribution in [1.82, 2.24) is 15.5 Å². The average molecular weight is 401 g/mol. The summed E-state index contributed by atoms with van der Waals surface area (Å²) in [6, 6.07) is 11.0. The number of hydrogen-bond donors (Lipinski definition) is 3. The fraction of sp³-hybridized carbons (Fsp3) is 0.500. The molecule has 1 atom stereocenters. The van der Waals surface area contributed by atoms with Gasteiger partial charge in [-0.15, -0.1) is 0 Å². The zero-order valence-corrected chi connectivity index (χ0v) is 17.7. The summed E-state index contributed by atoms with van der Waals surface area (Å²) in [6.07, 6.45) is 1.67. The summed E-state index contributed by atoms with van der Waals surface area (Å²) >= 11 is 1.74. The molecule has 2 heterocycles. The van der Waals surface area contributed by atoms with Gasteiger partial charge < -0.3 is 15.7 Å². The maximum absolute atomic E-state index is 9.62. The van der Waals surface area contributed by atoms with Crippen molar-refractivity contribution < 1.29 is 5.11 Å². The van der Waals surface area contributed by atoms with Gasteiger partial charge in [-0.05, 0) is 52.3 Å². The van der Waals surface area contributed by atoms with Gasteiger partial charge in [-0.25, -0.2) is 0 Å². The van der Waals surface area contributed by atoms with Crippen LogP contribution in [0.4, 0.5) is 0 Å². The highest BCUT2D eigenvalue weighted by molar-refractivity contribution is 7.07. The van der Waals surface area contributed by atoms with E-state index in [1.54, 1.807) is 11.3 Å². The number of likely N-dealkylation sites (tertiary alicyclic amines) is 1. The lowest BCUT2D eigenvalue weighted by Crippen LogP contribution is -2.38. The number of aliphatic imine (C=N–C) groups is 1. The van der Waals surface area contributed by atoms with E-state index in [0.29, 0.717) is 5.92 Å². The van der Waals surface area contributed by atoms with Gasteiger partial charge in [0.2, 0.25) is 0 Å². The molecule has 28 heavy (non-hydrogen) atoms. The molecule has 2 aromatic rings. The van der Waals surface area contributed by atoms with Crippen molar-refractivity contribution in [2.24, 2.45) is 4.99 Å². The Morgan fingerprint density at radius 3 is 2.54 bits per heavy atom. The summed E-state index contributed by atoms with van der Waals surface area (Å²) in [5.74, 6) is 1.29. The minimum Gasteiger partial charge on any atom is -0.393 e. The van der Waals surface area contributed by atoms with Crippen LogP contribution in [0.2, 0.25) is 0 Å². The van der Waals surface area contributed by atoms with E-state index in [-0.39, 0.29) is 6.10 Å². The third-order valence-corrected chi connectivity index (χ3v) is 6.06. The van der Waals surface area contributed by atoms with Crippen molar-refractivity contribution in [3.63, 3.8) is 0 Å². The molecule has 0 saturated carbocycles. The number of benzene rings is 1. The largest absolute Gasteiger partial charge is 0.393 e. The van der Waals surface area contributed by atoms with E-state index < -0.39 is 0 Å². The summed E-state index contributed by atoms with van der Waals surface area (Å²) in [5, 5.41) is 20.8. The zero-order chi connectivity index (χ0) is 19.8. The average Bonchev–Trinajstić information content (AvgIpc) is 3.26. The van der Waals surface area contributed by atoms with Crippen LogP contribution in [0.3, 0.4) is 0 Å². The van der Waals surface area contributed by atoms with Crippen LogP contribution >= 0.6 is 11.3 Å². The molecule has 1 unspecified atom stereocenters. The maximum Gasteiger partial charge on any atom is 0.191 e. The molecule has 0 spiro atoms. The topological polar surface area (TPSA) is 59.9 Å². The molecule has 0 aliphatic carbocycles. The van der Waals surface area contributed by atoms with Gasteiger partial charge >= 0.3 is 0 Å². The first-order valence-corrected chi connectivity index (χ1v) is 11.0. The number of nitrogens with one attached hydrogen (secondary N) is 2. The van der Waals surface area contributed by atoms with E-state index in [1.807, 2.05) is 7.05 Å². The number of aliphatic hydroxyl groups is 1. The van der Waals surface area contributed by atoms with Crippen molar-refractivity contribution in [3.05, 3.63) is 57.8 Å². The first-order valence-electron chi connectivity index (χ1n) is 10.1. The summed E-state index contributed by atoms with van der Waals surface area (Å²) in [4.78, 5) is 6.74. The van der Waals surface area contributed by atoms with E-state index in [9.17, 15) is 5.11 Å². The molecule has 152 valence electrons. The van der Waals surface area contributed by atoms with Gasteiger partial charge in [0.15, 0.2) is 5.96 Å². The van der Waals surface area contributed by atoms with E-state index in [0.717, 1.165) is 51.5 Å². The van der Waals surface area contributed by atoms with Crippen molar-refractivity contribution in [2.45, 2.75) is 44.9 Å². The van der Waals surface area contributed by atoms with E-state index in [2.05, 4.69) is 68.5 Å². The molecule has 1 aromatic carbocycles. The molecular formula is C22H32N4OS. The van der Waals surface area contributed by atoms with Crippen molar-refractivity contribution in [2.75, 3.05) is 26.7 Å². The predicted octanol–water partition coefficient (Wildman–Crippen LogP) is 3.17. The van der Waals surface area contributed by atoms with Gasteiger partial charge in [0, 0.05) is 39.8 Å². The van der Waals surface area contributed by atoms with Crippen LogP contribution < -0.4 is 10.6 Å². The molecule has 3 rings (SSSR count). The summed E-state index contributed by atoms with van der Waals surface area (Å²) in [7, 11) is 1.81. The van der Waals surface area contributed by atoms with Gasteiger partial charge in [-0.1, -0.05) is 31.2 Å². The zero-order valence-electron chi connectivity index (χ0n) is 16.9. The Labute approximate surface area is 172 Å². The molecule has 0 bridgehead atoms. The van der Waals surface area contributed by atoms with Crippen molar-refractivity contribution >= 4 is 17.3 Å². The van der Waals surface area contributed by atoms with Gasteiger partial charge in [0.05, 0.1) is 6.10 Å². The molecule has 0 amide bonds. The predicted molar refractivity (Wildman–Crippen MR) is 118 cm³/mol. The Hall–Kier alpha value is -1.89. The fourth-order valence-electron chi connectivity index (χ4n) is 3.43. The van der Waals surface area contributed by atoms with Crippen LogP contribution in [0.15, 0.2) is 46.1 Å². The SMILES string of the molecule is CN=C(NCc1ccc(CN2CCC(O)CC2)cc1)NCC(C)c1ccsc1. The normalized spacial score (nSPS) is 17.5. The lowest BCUT2D eigenvalue weighted by atomic mass is 10.1. The third-order valence-electron chi connectivity index (χ3n) is 5.36. The van der Waals surface area contributed by atoms with Crippen LogP contribution in [-0.2, 0) is 13.1 Å². The van der Waals surface area contributed by atoms with Gasteiger partial charge in [0.25, 0.3) is 0 Å². The highest BCUT2D eigenvalue weighted by atomic mass is 32.1. The Morgan fingerprint density at radius 1 is 1.18 bits per heavy atom. The number of aliphatic hydroxyl groups excluding tert-OH is 1. The molecular weight excluding hydrogens is 368 g/mol. The second-order valence-corrected chi connectivity index (χ2v) is 8.37. The first kappa shape index (κ1) is 20.8. The highest BCUT2D eigenvalue weighted by Crippen LogP contribution is 2.17. The van der Waals surface area contributed by atoms with E-state index in [4.69, 9.17) is 0 Å². The van der Waals surface area contributed by atoms with Crippen LogP contribution in [0.5, 0.6) is 0 Å². The number of guanidine groups is 1. The van der Waals surface area contributed by atoms with Crippen LogP contribution in [0.1, 0.15) is 42.4 Å². The molecule has 0 radical (unpaired) electrons. The highest BCUT2D eigenvalue weighted by Gasteiger charge is 2.16. The van der Waals surface area contributed by atoms with Crippen molar-refractivity contribution in [3.8, 4) is 0 Å². The first-order chi connectivity index (χ1) is 13.6. The Morgan fingerprint density at radius 2 is 1.89 bits per heavy atom. The molecule has 1 saturated heterocycles. The number of piperidine rings is 1. The minimum absolute atomic E-state index is 0.110. The molecule has 5 nitrogen and oxygen atoms in total. The van der Waals surface area contributed by atoms with Gasteiger partial charge in [0.1, 0.15) is 0 Å². The second kappa shape index (κ2) is 10.6. The Kier molecular flexibility index (Phi) is 7.89. The Balaban J connectivity index is 1.41. The molecule has 3 N–H and O–H groups in total. The number of thiophene rings is 1. The second-order valence-electron chi connectivity index (χ2n) is 7.59. The monoisotopic (exact) mass is 400 g/mol. The maximum atomic E-state index is 9.62. The van der Waals surface area contributed by atoms with E-state index in [1.165, 1.54) is 16.7 Å². The van der Waals surface area contributed by atoms with Crippen molar-refractivity contribution in [1.29, 1.82) is 0 Å². The van der Waals surface area contributed by atoms with Gasteiger partial charge in [-0.3, -0.25) is 9.89 Å². The minimum atomic E-state index is -0.110. The summed E-state index contributed by atoms with van der Waals surface area (Å²) in [5.41, 5.74) is 3.94. The smallest absolute Gasteiger partial charge is 0.191 e. The van der Waals surface area contributed by atoms with Crippen LogP contribution in [0, 0.1) is 0 Å². The third kappa shape index (κ3) is 6.33. The molecule has 6 heteroatoms.